The van der Waals surface area contributed by atoms with Gasteiger partial charge in [0.05, 0.1) is 12.8 Å². The van der Waals surface area contributed by atoms with Crippen LogP contribution in [0.5, 0.6) is 5.75 Å². The first-order valence-electron chi connectivity index (χ1n) is 8.48. The highest BCUT2D eigenvalue weighted by Crippen LogP contribution is 2.13. The minimum absolute atomic E-state index is 0.0678. The van der Waals surface area contributed by atoms with Crippen LogP contribution in [0.15, 0.2) is 53.6 Å². The highest BCUT2D eigenvalue weighted by Gasteiger charge is 2.07. The number of aryl methyl sites for hydroxylation is 1. The summed E-state index contributed by atoms with van der Waals surface area (Å²) < 4.78 is 5.36. The van der Waals surface area contributed by atoms with Crippen molar-refractivity contribution in [3.8, 4) is 5.75 Å². The standard InChI is InChI=1S/C20H23N3O3/c1-3-26-17-10-8-16(9-11-17)14-21-23-20(25)13-12-19(24)22-18-7-5-4-6-15(18)2/h4-11,14H,3,12-13H2,1-2H3,(H,22,24)(H,23,25)/b21-14+. The maximum absolute atomic E-state index is 11.9. The molecule has 2 amide bonds. The van der Waals surface area contributed by atoms with Crippen LogP contribution in [0.1, 0.15) is 30.9 Å². The highest BCUT2D eigenvalue weighted by atomic mass is 16.5. The van der Waals surface area contributed by atoms with Gasteiger partial charge in [-0.25, -0.2) is 5.43 Å². The van der Waals surface area contributed by atoms with Crippen LogP contribution in [0.4, 0.5) is 5.69 Å². The van der Waals surface area contributed by atoms with Crippen molar-refractivity contribution >= 4 is 23.7 Å². The number of rotatable bonds is 8. The molecule has 2 rings (SSSR count). The van der Waals surface area contributed by atoms with Crippen LogP contribution in [-0.4, -0.2) is 24.6 Å². The van der Waals surface area contributed by atoms with Gasteiger partial charge in [0.2, 0.25) is 11.8 Å². The molecule has 6 nitrogen and oxygen atoms in total. The summed E-state index contributed by atoms with van der Waals surface area (Å²) in [5.74, 6) is 0.269. The zero-order valence-electron chi connectivity index (χ0n) is 15.0. The third-order valence-electron chi connectivity index (χ3n) is 3.59. The van der Waals surface area contributed by atoms with Crippen molar-refractivity contribution in [1.82, 2.24) is 5.43 Å². The normalized spacial score (nSPS) is 10.5. The van der Waals surface area contributed by atoms with Gasteiger partial charge in [-0.2, -0.15) is 5.10 Å². The molecule has 0 aliphatic rings. The van der Waals surface area contributed by atoms with Crippen molar-refractivity contribution in [3.05, 3.63) is 59.7 Å². The molecular weight excluding hydrogens is 330 g/mol. The molecule has 136 valence electrons. The van der Waals surface area contributed by atoms with Gasteiger partial charge in [-0.1, -0.05) is 18.2 Å². The van der Waals surface area contributed by atoms with Crippen molar-refractivity contribution in [3.63, 3.8) is 0 Å². The summed E-state index contributed by atoms with van der Waals surface area (Å²) in [6, 6.07) is 14.9. The van der Waals surface area contributed by atoms with E-state index in [0.717, 1.165) is 22.6 Å². The Bertz CT molecular complexity index is 770. The predicted octanol–water partition coefficient (Wildman–Crippen LogP) is 3.26. The molecule has 0 fully saturated rings. The van der Waals surface area contributed by atoms with Crippen molar-refractivity contribution in [1.29, 1.82) is 0 Å². The molecule has 2 aromatic rings. The summed E-state index contributed by atoms with van der Waals surface area (Å²) in [5.41, 5.74) is 4.99. The zero-order chi connectivity index (χ0) is 18.8. The molecule has 0 radical (unpaired) electrons. The molecular formula is C20H23N3O3. The fraction of sp³-hybridized carbons (Fsp3) is 0.250. The quantitative estimate of drug-likeness (QED) is 0.565. The Morgan fingerprint density at radius 3 is 2.42 bits per heavy atom. The van der Waals surface area contributed by atoms with Gasteiger partial charge in [0.25, 0.3) is 0 Å². The Labute approximate surface area is 153 Å². The lowest BCUT2D eigenvalue weighted by Crippen LogP contribution is -2.20. The van der Waals surface area contributed by atoms with Gasteiger partial charge in [-0.05, 0) is 55.3 Å². The molecule has 0 heterocycles. The molecule has 0 aliphatic carbocycles. The van der Waals surface area contributed by atoms with Crippen molar-refractivity contribution in [2.75, 3.05) is 11.9 Å². The molecule has 26 heavy (non-hydrogen) atoms. The summed E-state index contributed by atoms with van der Waals surface area (Å²) in [6.45, 7) is 4.45. The summed E-state index contributed by atoms with van der Waals surface area (Å²) in [4.78, 5) is 23.7. The summed E-state index contributed by atoms with van der Waals surface area (Å²) in [5, 5.41) is 6.69. The SMILES string of the molecule is CCOc1ccc(/C=N/NC(=O)CCC(=O)Nc2ccccc2C)cc1. The number of benzene rings is 2. The van der Waals surface area contributed by atoms with Gasteiger partial charge in [-0.15, -0.1) is 0 Å². The molecule has 0 atom stereocenters. The first-order valence-corrected chi connectivity index (χ1v) is 8.48. The molecule has 0 bridgehead atoms. The van der Waals surface area contributed by atoms with E-state index in [1.807, 2.05) is 62.4 Å². The summed E-state index contributed by atoms with van der Waals surface area (Å²) in [7, 11) is 0. The minimum atomic E-state index is -0.313. The van der Waals surface area contributed by atoms with Crippen LogP contribution in [0.25, 0.3) is 0 Å². The molecule has 6 heteroatoms. The molecule has 0 aliphatic heterocycles. The van der Waals surface area contributed by atoms with E-state index in [0.29, 0.717) is 6.61 Å². The maximum Gasteiger partial charge on any atom is 0.240 e. The molecule has 0 aromatic heterocycles. The van der Waals surface area contributed by atoms with Crippen LogP contribution in [0, 0.1) is 6.92 Å². The summed E-state index contributed by atoms with van der Waals surface area (Å²) in [6.07, 6.45) is 1.71. The van der Waals surface area contributed by atoms with Gasteiger partial charge in [0.15, 0.2) is 0 Å². The lowest BCUT2D eigenvalue weighted by molar-refractivity contribution is -0.124. The van der Waals surface area contributed by atoms with Gasteiger partial charge in [-0.3, -0.25) is 9.59 Å². The van der Waals surface area contributed by atoms with Gasteiger partial charge >= 0.3 is 0 Å². The van der Waals surface area contributed by atoms with E-state index in [2.05, 4.69) is 15.8 Å². The van der Waals surface area contributed by atoms with E-state index < -0.39 is 0 Å². The molecule has 2 aromatic carbocycles. The second-order valence-electron chi connectivity index (χ2n) is 5.66. The minimum Gasteiger partial charge on any atom is -0.494 e. The van der Waals surface area contributed by atoms with E-state index in [1.165, 1.54) is 0 Å². The average molecular weight is 353 g/mol. The topological polar surface area (TPSA) is 79.8 Å². The van der Waals surface area contributed by atoms with Gasteiger partial charge in [0, 0.05) is 18.5 Å². The molecule has 0 saturated carbocycles. The molecule has 2 N–H and O–H groups in total. The lowest BCUT2D eigenvalue weighted by Gasteiger charge is -2.07. The lowest BCUT2D eigenvalue weighted by atomic mass is 10.2. The van der Waals surface area contributed by atoms with Gasteiger partial charge in [0.1, 0.15) is 5.75 Å². The number of carbonyl (C=O) groups excluding carboxylic acids is 2. The van der Waals surface area contributed by atoms with Crippen LogP contribution in [0.3, 0.4) is 0 Å². The molecule has 0 spiro atoms. The van der Waals surface area contributed by atoms with Crippen molar-refractivity contribution in [2.45, 2.75) is 26.7 Å². The van der Waals surface area contributed by atoms with Crippen LogP contribution in [0.2, 0.25) is 0 Å². The Balaban J connectivity index is 1.73. The van der Waals surface area contributed by atoms with Crippen molar-refractivity contribution in [2.24, 2.45) is 5.10 Å². The monoisotopic (exact) mass is 353 g/mol. The number of nitrogens with one attached hydrogen (secondary N) is 2. The van der Waals surface area contributed by atoms with Crippen LogP contribution < -0.4 is 15.5 Å². The summed E-state index contributed by atoms with van der Waals surface area (Å²) >= 11 is 0. The molecule has 0 saturated heterocycles. The zero-order valence-corrected chi connectivity index (χ0v) is 15.0. The first-order chi connectivity index (χ1) is 12.6. The fourth-order valence-corrected chi connectivity index (χ4v) is 2.20. The Hall–Kier alpha value is -3.15. The van der Waals surface area contributed by atoms with E-state index in [-0.39, 0.29) is 24.7 Å². The number of carbonyl (C=O) groups is 2. The van der Waals surface area contributed by atoms with E-state index in [1.54, 1.807) is 6.21 Å². The van der Waals surface area contributed by atoms with E-state index in [4.69, 9.17) is 4.74 Å². The number of nitrogens with zero attached hydrogens (tertiary/aromatic N) is 1. The number of hydrogen-bond acceptors (Lipinski definition) is 4. The highest BCUT2D eigenvalue weighted by molar-refractivity contribution is 5.94. The number of ether oxygens (including phenoxy) is 1. The predicted molar refractivity (Wildman–Crippen MR) is 102 cm³/mol. The maximum atomic E-state index is 11.9. The van der Waals surface area contributed by atoms with Gasteiger partial charge < -0.3 is 10.1 Å². The third kappa shape index (κ3) is 6.39. The number of para-hydroxylation sites is 1. The number of amides is 2. The largest absolute Gasteiger partial charge is 0.494 e. The van der Waals surface area contributed by atoms with E-state index >= 15 is 0 Å². The number of hydrazone groups is 1. The van der Waals surface area contributed by atoms with Crippen LogP contribution >= 0.6 is 0 Å². The number of hydrogen-bond donors (Lipinski definition) is 2. The third-order valence-corrected chi connectivity index (χ3v) is 3.59. The Kier molecular flexibility index (Phi) is 7.36. The molecule has 0 unspecified atom stereocenters. The first kappa shape index (κ1) is 19.2. The smallest absolute Gasteiger partial charge is 0.240 e. The Morgan fingerprint density at radius 2 is 1.73 bits per heavy atom. The number of anilines is 1. The van der Waals surface area contributed by atoms with Crippen molar-refractivity contribution < 1.29 is 14.3 Å². The van der Waals surface area contributed by atoms with Crippen LogP contribution in [-0.2, 0) is 9.59 Å². The second kappa shape index (κ2) is 9.98. The average Bonchev–Trinajstić information content (AvgIpc) is 2.64. The van der Waals surface area contributed by atoms with E-state index in [9.17, 15) is 9.59 Å². The second-order valence-corrected chi connectivity index (χ2v) is 5.66. The Morgan fingerprint density at radius 1 is 1.04 bits per heavy atom. The fourth-order valence-electron chi connectivity index (χ4n) is 2.20.